The van der Waals surface area contributed by atoms with Gasteiger partial charge < -0.3 is 9.30 Å². The Hall–Kier alpha value is -3.95. The molecule has 206 valence electrons. The number of unbranched alkanes of at least 4 members (excludes halogenated alkanes) is 5. The lowest BCUT2D eigenvalue weighted by atomic mass is 10.0. The Morgan fingerprint density at radius 1 is 0.488 bits per heavy atom. The summed E-state index contributed by atoms with van der Waals surface area (Å²) in [7, 11) is 0. The van der Waals surface area contributed by atoms with Crippen LogP contribution in [-0.4, -0.2) is 16.9 Å². The molecule has 0 atom stereocenters. The average molecular weight is 556 g/mol. The second kappa shape index (κ2) is 13.1. The molecule has 0 aliphatic carbocycles. The maximum Gasteiger partial charge on any atom is 0.121 e. The van der Waals surface area contributed by atoms with E-state index >= 15 is 0 Å². The number of benzene rings is 5. The molecule has 0 fully saturated rings. The molecule has 0 aliphatic rings. The van der Waals surface area contributed by atoms with E-state index in [-0.39, 0.29) is 0 Å². The summed E-state index contributed by atoms with van der Waals surface area (Å²) in [6, 6.07) is 43.5. The lowest BCUT2D eigenvalue weighted by Gasteiger charge is -2.12. The van der Waals surface area contributed by atoms with Crippen LogP contribution in [0.5, 0.6) is 5.75 Å². The molecule has 2 nitrogen and oxygen atoms in total. The van der Waals surface area contributed by atoms with Crippen molar-refractivity contribution in [2.75, 3.05) is 12.4 Å². The first-order valence-corrected chi connectivity index (χ1v) is 15.5. The number of ether oxygens (including phenoxy) is 1. The van der Waals surface area contributed by atoms with E-state index in [1.807, 2.05) is 0 Å². The van der Waals surface area contributed by atoms with Crippen LogP contribution in [0.15, 0.2) is 121 Å². The number of hydrogen-bond acceptors (Lipinski definition) is 2. The summed E-state index contributed by atoms with van der Waals surface area (Å²) >= 11 is 4.31. The van der Waals surface area contributed by atoms with Gasteiger partial charge >= 0.3 is 0 Å². The zero-order chi connectivity index (χ0) is 27.9. The molecule has 0 radical (unpaired) electrons. The van der Waals surface area contributed by atoms with Crippen LogP contribution in [0.25, 0.3) is 49.7 Å². The van der Waals surface area contributed by atoms with Crippen LogP contribution in [0.4, 0.5) is 0 Å². The lowest BCUT2D eigenvalue weighted by molar-refractivity contribution is 0.304. The highest BCUT2D eigenvalue weighted by molar-refractivity contribution is 7.80. The van der Waals surface area contributed by atoms with E-state index in [4.69, 9.17) is 4.74 Å². The molecule has 41 heavy (non-hydrogen) atoms. The van der Waals surface area contributed by atoms with Gasteiger partial charge in [-0.1, -0.05) is 105 Å². The Kier molecular flexibility index (Phi) is 8.73. The van der Waals surface area contributed by atoms with E-state index in [0.717, 1.165) is 30.2 Å². The minimum atomic E-state index is 0.754. The molecule has 6 rings (SSSR count). The smallest absolute Gasteiger partial charge is 0.121 e. The molecule has 1 heterocycles. The number of aromatic nitrogens is 1. The molecule has 0 saturated carbocycles. The van der Waals surface area contributed by atoms with Gasteiger partial charge in [0.2, 0.25) is 0 Å². The highest BCUT2D eigenvalue weighted by atomic mass is 32.1. The number of rotatable bonds is 12. The monoisotopic (exact) mass is 555 g/mol. The zero-order valence-corrected chi connectivity index (χ0v) is 24.4. The standard InChI is InChI=1S/C38H37NOS/c41-25-12-4-2-1-3-11-24-40-34-19-13-18-33(28-34)39-37-22-20-31(29-14-7-5-8-15-29)26-35(37)36-27-32(21-23-38(36)39)30-16-9-6-10-17-30/h5-10,13-23,26-28,41H,1-4,11-12,24-25H2. The summed E-state index contributed by atoms with van der Waals surface area (Å²) in [5.41, 5.74) is 8.42. The van der Waals surface area contributed by atoms with Crippen molar-refractivity contribution in [3.05, 3.63) is 121 Å². The van der Waals surface area contributed by atoms with Crippen LogP contribution in [0.1, 0.15) is 38.5 Å². The van der Waals surface area contributed by atoms with Crippen molar-refractivity contribution in [2.24, 2.45) is 0 Å². The first-order valence-electron chi connectivity index (χ1n) is 14.8. The van der Waals surface area contributed by atoms with Crippen LogP contribution >= 0.6 is 12.6 Å². The normalized spacial score (nSPS) is 11.3. The maximum atomic E-state index is 6.22. The molecule has 3 heteroatoms. The van der Waals surface area contributed by atoms with E-state index in [0.29, 0.717) is 0 Å². The largest absolute Gasteiger partial charge is 0.494 e. The Bertz CT molecular complexity index is 1630. The summed E-state index contributed by atoms with van der Waals surface area (Å²) in [5, 5.41) is 2.51. The molecule has 0 unspecified atom stereocenters. The molecule has 6 aromatic rings. The van der Waals surface area contributed by atoms with Crippen molar-refractivity contribution in [2.45, 2.75) is 38.5 Å². The second-order valence-corrected chi connectivity index (χ2v) is 11.2. The minimum absolute atomic E-state index is 0.754. The Morgan fingerprint density at radius 2 is 1.05 bits per heavy atom. The predicted molar refractivity (Wildman–Crippen MR) is 179 cm³/mol. The molecule has 5 aromatic carbocycles. The van der Waals surface area contributed by atoms with Crippen molar-refractivity contribution in [1.29, 1.82) is 0 Å². The van der Waals surface area contributed by atoms with Gasteiger partial charge in [0.05, 0.1) is 17.6 Å². The van der Waals surface area contributed by atoms with Gasteiger partial charge in [0.25, 0.3) is 0 Å². The van der Waals surface area contributed by atoms with Crippen molar-refractivity contribution in [3.8, 4) is 33.7 Å². The van der Waals surface area contributed by atoms with Gasteiger partial charge in [-0.15, -0.1) is 0 Å². The van der Waals surface area contributed by atoms with Gasteiger partial charge in [-0.05, 0) is 77.2 Å². The third-order valence-corrected chi connectivity index (χ3v) is 8.19. The minimum Gasteiger partial charge on any atom is -0.494 e. The number of thiol groups is 1. The fourth-order valence-electron chi connectivity index (χ4n) is 5.75. The Balaban J connectivity index is 1.35. The third-order valence-electron chi connectivity index (χ3n) is 7.88. The number of fused-ring (bicyclic) bond motifs is 3. The predicted octanol–water partition coefficient (Wildman–Crippen LogP) is 10.8. The molecular weight excluding hydrogens is 518 g/mol. The maximum absolute atomic E-state index is 6.22. The first kappa shape index (κ1) is 27.2. The van der Waals surface area contributed by atoms with Crippen molar-refractivity contribution < 1.29 is 4.74 Å². The quantitative estimate of drug-likeness (QED) is 0.117. The third kappa shape index (κ3) is 6.21. The van der Waals surface area contributed by atoms with Crippen LogP contribution < -0.4 is 4.74 Å². The average Bonchev–Trinajstić information content (AvgIpc) is 3.36. The topological polar surface area (TPSA) is 14.2 Å². The summed E-state index contributed by atoms with van der Waals surface area (Å²) in [6.45, 7) is 0.754. The first-order chi connectivity index (χ1) is 20.3. The van der Waals surface area contributed by atoms with Crippen molar-refractivity contribution >= 4 is 34.4 Å². The van der Waals surface area contributed by atoms with Gasteiger partial charge in [-0.25, -0.2) is 0 Å². The molecule has 0 aliphatic heterocycles. The van der Waals surface area contributed by atoms with E-state index < -0.39 is 0 Å². The molecule has 0 amide bonds. The Labute approximate surface area is 249 Å². The highest BCUT2D eigenvalue weighted by Gasteiger charge is 2.15. The molecule has 1 aromatic heterocycles. The second-order valence-electron chi connectivity index (χ2n) is 10.7. The fourth-order valence-corrected chi connectivity index (χ4v) is 5.97. The van der Waals surface area contributed by atoms with Gasteiger partial charge in [0.15, 0.2) is 0 Å². The van der Waals surface area contributed by atoms with Gasteiger partial charge in [-0.2, -0.15) is 12.6 Å². The summed E-state index contributed by atoms with van der Waals surface area (Å²) in [6.07, 6.45) is 7.37. The van der Waals surface area contributed by atoms with Gasteiger partial charge in [0, 0.05) is 22.5 Å². The van der Waals surface area contributed by atoms with Crippen molar-refractivity contribution in [1.82, 2.24) is 4.57 Å². The zero-order valence-electron chi connectivity index (χ0n) is 23.5. The summed E-state index contributed by atoms with van der Waals surface area (Å²) in [4.78, 5) is 0. The van der Waals surface area contributed by atoms with Crippen LogP contribution in [0.2, 0.25) is 0 Å². The van der Waals surface area contributed by atoms with Crippen LogP contribution in [0.3, 0.4) is 0 Å². The van der Waals surface area contributed by atoms with E-state index in [1.54, 1.807) is 0 Å². The molecular formula is C38H37NOS. The number of hydrogen-bond donors (Lipinski definition) is 1. The highest BCUT2D eigenvalue weighted by Crippen LogP contribution is 2.37. The molecule has 0 N–H and O–H groups in total. The van der Waals surface area contributed by atoms with E-state index in [2.05, 4.69) is 139 Å². The molecule has 0 spiro atoms. The fraction of sp³-hybridized carbons (Fsp3) is 0.211. The Morgan fingerprint density at radius 3 is 1.63 bits per heavy atom. The van der Waals surface area contributed by atoms with Gasteiger partial charge in [0.1, 0.15) is 5.75 Å². The summed E-state index contributed by atoms with van der Waals surface area (Å²) in [5.74, 6) is 1.92. The molecule has 0 saturated heterocycles. The van der Waals surface area contributed by atoms with Crippen molar-refractivity contribution in [3.63, 3.8) is 0 Å². The van der Waals surface area contributed by atoms with E-state index in [1.165, 1.54) is 76.2 Å². The number of nitrogens with zero attached hydrogens (tertiary/aromatic N) is 1. The molecule has 0 bridgehead atoms. The summed E-state index contributed by atoms with van der Waals surface area (Å²) < 4.78 is 8.60. The van der Waals surface area contributed by atoms with E-state index in [9.17, 15) is 0 Å². The van der Waals surface area contributed by atoms with Crippen LogP contribution in [0, 0.1) is 0 Å². The SMILES string of the molecule is SCCCCCCCCOc1cccc(-n2c3ccc(-c4ccccc4)cc3c3cc(-c4ccccc4)ccc32)c1. The van der Waals surface area contributed by atoms with Gasteiger partial charge in [-0.3, -0.25) is 0 Å². The lowest BCUT2D eigenvalue weighted by Crippen LogP contribution is -1.99. The van der Waals surface area contributed by atoms with Crippen LogP contribution in [-0.2, 0) is 0 Å².